The van der Waals surface area contributed by atoms with Gasteiger partial charge in [-0.15, -0.1) is 0 Å². The van der Waals surface area contributed by atoms with Gasteiger partial charge in [0.1, 0.15) is 6.26 Å². The molecule has 4 rings (SSSR count). The number of hydrogen-bond acceptors (Lipinski definition) is 4. The molecule has 6 heteroatoms. The number of H-pyrrole nitrogens is 1. The molecule has 0 aliphatic heterocycles. The van der Waals surface area contributed by atoms with E-state index in [1.165, 1.54) is 24.1 Å². The van der Waals surface area contributed by atoms with Crippen LogP contribution in [0.2, 0.25) is 0 Å². The van der Waals surface area contributed by atoms with Crippen LogP contribution in [-0.2, 0) is 30.6 Å². The number of nitrogens with zero attached hydrogens (tertiary/aromatic N) is 2. The van der Waals surface area contributed by atoms with Gasteiger partial charge < -0.3 is 9.73 Å². The third-order valence-corrected chi connectivity index (χ3v) is 4.77. The SMILES string of the molecule is O=C(CCc1n[nH]c2c1CCCC2)NCc1coc(-c2ccccc2)n1. The van der Waals surface area contributed by atoms with Crippen molar-refractivity contribution in [3.05, 3.63) is 59.2 Å². The molecule has 6 nitrogen and oxygen atoms in total. The standard InChI is InChI=1S/C20H22N4O2/c25-19(11-10-18-16-8-4-5-9-17(16)23-24-18)21-12-15-13-26-20(22-15)14-6-2-1-3-7-14/h1-3,6-7,13H,4-5,8-12H2,(H,21,25)(H,23,24). The number of rotatable bonds is 6. The lowest BCUT2D eigenvalue weighted by Crippen LogP contribution is -2.23. The molecule has 1 aliphatic carbocycles. The molecule has 2 N–H and O–H groups in total. The Morgan fingerprint density at radius 1 is 1.19 bits per heavy atom. The summed E-state index contributed by atoms with van der Waals surface area (Å²) in [5.74, 6) is 0.569. The number of benzene rings is 1. The Morgan fingerprint density at radius 3 is 2.92 bits per heavy atom. The van der Waals surface area contributed by atoms with Crippen molar-refractivity contribution in [1.29, 1.82) is 0 Å². The van der Waals surface area contributed by atoms with Gasteiger partial charge in [-0.3, -0.25) is 9.89 Å². The van der Waals surface area contributed by atoms with Gasteiger partial charge in [0.25, 0.3) is 0 Å². The van der Waals surface area contributed by atoms with Gasteiger partial charge in [0.15, 0.2) is 0 Å². The molecule has 26 heavy (non-hydrogen) atoms. The summed E-state index contributed by atoms with van der Waals surface area (Å²) in [6.45, 7) is 0.369. The summed E-state index contributed by atoms with van der Waals surface area (Å²) in [6.07, 6.45) is 7.27. The summed E-state index contributed by atoms with van der Waals surface area (Å²) in [5, 5.41) is 10.4. The van der Waals surface area contributed by atoms with Gasteiger partial charge in [0, 0.05) is 24.1 Å². The van der Waals surface area contributed by atoms with Gasteiger partial charge in [0.05, 0.1) is 17.9 Å². The Morgan fingerprint density at radius 2 is 2.04 bits per heavy atom. The molecule has 0 bridgehead atoms. The Labute approximate surface area is 152 Å². The van der Waals surface area contributed by atoms with Gasteiger partial charge in [-0.1, -0.05) is 18.2 Å². The van der Waals surface area contributed by atoms with E-state index >= 15 is 0 Å². The van der Waals surface area contributed by atoms with Crippen LogP contribution in [0.3, 0.4) is 0 Å². The average Bonchev–Trinajstić information content (AvgIpc) is 3.33. The fraction of sp³-hybridized carbons (Fsp3) is 0.350. The minimum atomic E-state index is 0.00169. The molecule has 0 saturated carbocycles. The van der Waals surface area contributed by atoms with E-state index in [0.29, 0.717) is 31.0 Å². The first-order valence-electron chi connectivity index (χ1n) is 9.11. The highest BCUT2D eigenvalue weighted by Gasteiger charge is 2.17. The van der Waals surface area contributed by atoms with Gasteiger partial charge in [-0.05, 0) is 43.4 Å². The average molecular weight is 350 g/mol. The highest BCUT2D eigenvalue weighted by atomic mass is 16.3. The Bertz CT molecular complexity index is 882. The van der Waals surface area contributed by atoms with Crippen molar-refractivity contribution in [2.45, 2.75) is 45.1 Å². The van der Waals surface area contributed by atoms with Gasteiger partial charge in [0.2, 0.25) is 11.8 Å². The number of carbonyl (C=O) groups excluding carboxylic acids is 1. The summed E-state index contributed by atoms with van der Waals surface area (Å²) in [4.78, 5) is 16.6. The maximum absolute atomic E-state index is 12.1. The normalized spacial score (nSPS) is 13.4. The third kappa shape index (κ3) is 3.69. The van der Waals surface area contributed by atoms with Crippen molar-refractivity contribution in [1.82, 2.24) is 20.5 Å². The quantitative estimate of drug-likeness (QED) is 0.715. The number of aromatic amines is 1. The second-order valence-corrected chi connectivity index (χ2v) is 6.62. The molecule has 0 fully saturated rings. The summed E-state index contributed by atoms with van der Waals surface area (Å²) in [6, 6.07) is 9.71. The zero-order valence-electron chi connectivity index (χ0n) is 14.6. The summed E-state index contributed by atoms with van der Waals surface area (Å²) >= 11 is 0. The number of nitrogens with one attached hydrogen (secondary N) is 2. The first-order valence-corrected chi connectivity index (χ1v) is 9.11. The van der Waals surface area contributed by atoms with E-state index in [1.807, 2.05) is 30.3 Å². The van der Waals surface area contributed by atoms with Crippen molar-refractivity contribution >= 4 is 5.91 Å². The predicted octanol–water partition coefficient (Wildman–Crippen LogP) is 3.19. The fourth-order valence-corrected chi connectivity index (χ4v) is 3.37. The smallest absolute Gasteiger partial charge is 0.226 e. The van der Waals surface area contributed by atoms with Crippen LogP contribution in [0.5, 0.6) is 0 Å². The van der Waals surface area contributed by atoms with E-state index < -0.39 is 0 Å². The number of carbonyl (C=O) groups is 1. The Balaban J connectivity index is 1.28. The van der Waals surface area contributed by atoms with E-state index in [0.717, 1.165) is 24.1 Å². The lowest BCUT2D eigenvalue weighted by molar-refractivity contribution is -0.121. The zero-order valence-corrected chi connectivity index (χ0v) is 14.6. The molecule has 1 aliphatic rings. The molecule has 134 valence electrons. The molecule has 0 spiro atoms. The van der Waals surface area contributed by atoms with Crippen molar-refractivity contribution in [2.24, 2.45) is 0 Å². The number of aryl methyl sites for hydroxylation is 2. The highest BCUT2D eigenvalue weighted by molar-refractivity contribution is 5.76. The number of oxazole rings is 1. The lowest BCUT2D eigenvalue weighted by atomic mass is 9.95. The minimum absolute atomic E-state index is 0.00169. The molecular formula is C20H22N4O2. The van der Waals surface area contributed by atoms with Crippen LogP contribution >= 0.6 is 0 Å². The van der Waals surface area contributed by atoms with E-state index in [1.54, 1.807) is 6.26 Å². The third-order valence-electron chi connectivity index (χ3n) is 4.77. The largest absolute Gasteiger partial charge is 0.444 e. The van der Waals surface area contributed by atoms with Crippen LogP contribution in [0.1, 0.15) is 41.9 Å². The van der Waals surface area contributed by atoms with Crippen LogP contribution in [0, 0.1) is 0 Å². The van der Waals surface area contributed by atoms with Crippen molar-refractivity contribution in [2.75, 3.05) is 0 Å². The van der Waals surface area contributed by atoms with Crippen LogP contribution in [-0.4, -0.2) is 21.1 Å². The van der Waals surface area contributed by atoms with Crippen LogP contribution in [0.15, 0.2) is 41.0 Å². The molecule has 2 aromatic heterocycles. The molecule has 2 heterocycles. The van der Waals surface area contributed by atoms with E-state index in [-0.39, 0.29) is 5.91 Å². The molecule has 1 amide bonds. The van der Waals surface area contributed by atoms with Crippen molar-refractivity contribution in [3.63, 3.8) is 0 Å². The first kappa shape index (κ1) is 16.6. The summed E-state index contributed by atoms with van der Waals surface area (Å²) < 4.78 is 5.49. The molecule has 0 atom stereocenters. The van der Waals surface area contributed by atoms with Crippen LogP contribution in [0.4, 0.5) is 0 Å². The lowest BCUT2D eigenvalue weighted by Gasteiger charge is -2.11. The summed E-state index contributed by atoms with van der Waals surface area (Å²) in [5.41, 5.74) is 5.26. The maximum Gasteiger partial charge on any atom is 0.226 e. The van der Waals surface area contributed by atoms with E-state index in [4.69, 9.17) is 4.42 Å². The second-order valence-electron chi connectivity index (χ2n) is 6.62. The number of hydrogen-bond donors (Lipinski definition) is 2. The highest BCUT2D eigenvalue weighted by Crippen LogP contribution is 2.23. The minimum Gasteiger partial charge on any atom is -0.444 e. The van der Waals surface area contributed by atoms with Crippen molar-refractivity contribution < 1.29 is 9.21 Å². The second kappa shape index (κ2) is 7.56. The molecule has 0 radical (unpaired) electrons. The number of aromatic nitrogens is 3. The van der Waals surface area contributed by atoms with Crippen LogP contribution in [0.25, 0.3) is 11.5 Å². The molecule has 3 aromatic rings. The van der Waals surface area contributed by atoms with Gasteiger partial charge in [-0.2, -0.15) is 5.10 Å². The monoisotopic (exact) mass is 350 g/mol. The van der Waals surface area contributed by atoms with Gasteiger partial charge >= 0.3 is 0 Å². The van der Waals surface area contributed by atoms with E-state index in [2.05, 4.69) is 20.5 Å². The Hall–Kier alpha value is -2.89. The number of amides is 1. The molecule has 0 saturated heterocycles. The molecule has 0 unspecified atom stereocenters. The van der Waals surface area contributed by atoms with Gasteiger partial charge in [-0.25, -0.2) is 4.98 Å². The number of fused-ring (bicyclic) bond motifs is 1. The van der Waals surface area contributed by atoms with E-state index in [9.17, 15) is 4.79 Å². The summed E-state index contributed by atoms with van der Waals surface area (Å²) in [7, 11) is 0. The Kier molecular flexibility index (Phi) is 4.82. The fourth-order valence-electron chi connectivity index (χ4n) is 3.37. The topological polar surface area (TPSA) is 83.8 Å². The molecule has 1 aromatic carbocycles. The predicted molar refractivity (Wildman–Crippen MR) is 97.3 cm³/mol. The van der Waals surface area contributed by atoms with Crippen molar-refractivity contribution in [3.8, 4) is 11.5 Å². The first-order chi connectivity index (χ1) is 12.8. The molecular weight excluding hydrogens is 328 g/mol. The zero-order chi connectivity index (χ0) is 17.8. The maximum atomic E-state index is 12.1. The van der Waals surface area contributed by atoms with Crippen LogP contribution < -0.4 is 5.32 Å².